The lowest BCUT2D eigenvalue weighted by Crippen LogP contribution is -2.50. The van der Waals surface area contributed by atoms with E-state index in [4.69, 9.17) is 5.73 Å². The van der Waals surface area contributed by atoms with Crippen LogP contribution in [0, 0.1) is 5.41 Å². The fourth-order valence-electron chi connectivity index (χ4n) is 1.78. The molecule has 1 rings (SSSR count). The van der Waals surface area contributed by atoms with Crippen molar-refractivity contribution in [3.8, 4) is 0 Å². The standard InChI is InChI=1S/C11H22N2O2S/c1-11(2,3)10(14)9(12)8-13-4-6-16(15)7-5-13/h9H,4-8,12H2,1-3H3. The third-order valence-electron chi connectivity index (χ3n) is 2.80. The smallest absolute Gasteiger partial charge is 0.156 e. The molecule has 0 aromatic carbocycles. The average Bonchev–Trinajstić information content (AvgIpc) is 2.19. The van der Waals surface area contributed by atoms with Crippen LogP contribution in [0.5, 0.6) is 0 Å². The summed E-state index contributed by atoms with van der Waals surface area (Å²) in [5, 5.41) is 0. The Hall–Kier alpha value is -0.260. The van der Waals surface area contributed by atoms with Gasteiger partial charge in [-0.25, -0.2) is 0 Å². The van der Waals surface area contributed by atoms with E-state index in [9.17, 15) is 9.00 Å². The minimum absolute atomic E-state index is 0.0965. The maximum absolute atomic E-state index is 11.9. The number of nitrogens with two attached hydrogens (primary N) is 1. The fourth-order valence-corrected chi connectivity index (χ4v) is 2.90. The lowest BCUT2D eigenvalue weighted by molar-refractivity contribution is -0.128. The van der Waals surface area contributed by atoms with Crippen LogP contribution in [-0.2, 0) is 15.6 Å². The summed E-state index contributed by atoms with van der Waals surface area (Å²) in [7, 11) is -0.671. The van der Waals surface area contributed by atoms with Crippen molar-refractivity contribution in [1.82, 2.24) is 4.90 Å². The summed E-state index contributed by atoms with van der Waals surface area (Å²) in [4.78, 5) is 14.0. The molecule has 0 saturated carbocycles. The van der Waals surface area contributed by atoms with Crippen molar-refractivity contribution in [2.45, 2.75) is 26.8 Å². The number of carbonyl (C=O) groups is 1. The summed E-state index contributed by atoms with van der Waals surface area (Å²) in [6.45, 7) is 7.84. The maximum Gasteiger partial charge on any atom is 0.156 e. The number of Topliss-reactive ketones (excluding diaryl/α,β-unsaturated/α-hetero) is 1. The molecule has 0 aromatic rings. The van der Waals surface area contributed by atoms with Crippen LogP contribution in [0.15, 0.2) is 0 Å². The predicted octanol–water partition coefficient (Wildman–Crippen LogP) is -0.00680. The molecular formula is C11H22N2O2S. The van der Waals surface area contributed by atoms with Gasteiger partial charge in [0.1, 0.15) is 0 Å². The van der Waals surface area contributed by atoms with E-state index < -0.39 is 16.8 Å². The largest absolute Gasteiger partial charge is 0.320 e. The van der Waals surface area contributed by atoms with Crippen LogP contribution in [0.4, 0.5) is 0 Å². The summed E-state index contributed by atoms with van der Waals surface area (Å²) >= 11 is 0. The van der Waals surface area contributed by atoms with Crippen molar-refractivity contribution in [2.24, 2.45) is 11.1 Å². The van der Waals surface area contributed by atoms with Crippen LogP contribution >= 0.6 is 0 Å². The molecule has 1 aliphatic heterocycles. The van der Waals surface area contributed by atoms with Crippen LogP contribution in [-0.4, -0.2) is 52.1 Å². The highest BCUT2D eigenvalue weighted by atomic mass is 32.2. The molecule has 94 valence electrons. The molecule has 1 heterocycles. The number of ketones is 1. The van der Waals surface area contributed by atoms with Gasteiger partial charge in [0.25, 0.3) is 0 Å². The van der Waals surface area contributed by atoms with Crippen LogP contribution < -0.4 is 5.73 Å². The Balaban J connectivity index is 2.43. The topological polar surface area (TPSA) is 63.4 Å². The highest BCUT2D eigenvalue weighted by molar-refractivity contribution is 7.85. The normalized spacial score (nSPS) is 22.0. The second-order valence-corrected chi connectivity index (χ2v) is 7.07. The summed E-state index contributed by atoms with van der Waals surface area (Å²) in [5.41, 5.74) is 5.52. The summed E-state index contributed by atoms with van der Waals surface area (Å²) in [6, 6.07) is -0.425. The van der Waals surface area contributed by atoms with Gasteiger partial charge in [-0.2, -0.15) is 0 Å². The number of hydrogen-bond acceptors (Lipinski definition) is 4. The summed E-state index contributed by atoms with van der Waals surface area (Å²) in [6.07, 6.45) is 0. The molecule has 1 unspecified atom stereocenters. The van der Waals surface area contributed by atoms with Crippen LogP contribution in [0.2, 0.25) is 0 Å². The van der Waals surface area contributed by atoms with Gasteiger partial charge in [-0.3, -0.25) is 13.9 Å². The van der Waals surface area contributed by atoms with Crippen molar-refractivity contribution in [2.75, 3.05) is 31.1 Å². The Bertz CT molecular complexity index is 276. The highest BCUT2D eigenvalue weighted by Gasteiger charge is 2.29. The van der Waals surface area contributed by atoms with Crippen LogP contribution in [0.3, 0.4) is 0 Å². The van der Waals surface area contributed by atoms with Gasteiger partial charge in [0, 0.05) is 47.4 Å². The molecule has 5 heteroatoms. The first-order chi connectivity index (χ1) is 7.30. The molecule has 0 bridgehead atoms. The number of nitrogens with zero attached hydrogens (tertiary/aromatic N) is 1. The zero-order valence-corrected chi connectivity index (χ0v) is 11.2. The highest BCUT2D eigenvalue weighted by Crippen LogP contribution is 2.16. The lowest BCUT2D eigenvalue weighted by Gasteiger charge is -2.30. The van der Waals surface area contributed by atoms with Crippen molar-refractivity contribution >= 4 is 16.6 Å². The third kappa shape index (κ3) is 3.96. The van der Waals surface area contributed by atoms with E-state index in [0.29, 0.717) is 18.1 Å². The Labute approximate surface area is 100 Å². The van der Waals surface area contributed by atoms with Gasteiger partial charge >= 0.3 is 0 Å². The van der Waals surface area contributed by atoms with Crippen molar-refractivity contribution in [3.05, 3.63) is 0 Å². The molecule has 1 aliphatic rings. The van der Waals surface area contributed by atoms with E-state index in [1.54, 1.807) is 0 Å². The minimum atomic E-state index is -0.671. The van der Waals surface area contributed by atoms with Crippen molar-refractivity contribution in [3.63, 3.8) is 0 Å². The molecule has 16 heavy (non-hydrogen) atoms. The first kappa shape index (κ1) is 13.8. The summed E-state index contributed by atoms with van der Waals surface area (Å²) in [5.74, 6) is 1.51. The quantitative estimate of drug-likeness (QED) is 0.761. The molecule has 0 aromatic heterocycles. The monoisotopic (exact) mass is 246 g/mol. The molecule has 0 spiro atoms. The van der Waals surface area contributed by atoms with Gasteiger partial charge < -0.3 is 5.73 Å². The van der Waals surface area contributed by atoms with E-state index in [0.717, 1.165) is 13.1 Å². The molecule has 0 aliphatic carbocycles. The minimum Gasteiger partial charge on any atom is -0.320 e. The van der Waals surface area contributed by atoms with Crippen LogP contribution in [0.1, 0.15) is 20.8 Å². The Kier molecular flexibility index (Phi) is 4.64. The molecular weight excluding hydrogens is 224 g/mol. The van der Waals surface area contributed by atoms with E-state index in [-0.39, 0.29) is 11.2 Å². The summed E-state index contributed by atoms with van der Waals surface area (Å²) < 4.78 is 11.2. The van der Waals surface area contributed by atoms with Crippen LogP contribution in [0.25, 0.3) is 0 Å². The zero-order valence-electron chi connectivity index (χ0n) is 10.4. The van der Waals surface area contributed by atoms with Gasteiger partial charge in [0.15, 0.2) is 5.78 Å². The third-order valence-corrected chi connectivity index (χ3v) is 4.08. The predicted molar refractivity (Wildman–Crippen MR) is 66.8 cm³/mol. The molecule has 2 N–H and O–H groups in total. The van der Waals surface area contributed by atoms with Gasteiger partial charge in [0.05, 0.1) is 6.04 Å². The van der Waals surface area contributed by atoms with Crippen molar-refractivity contribution < 1.29 is 9.00 Å². The molecule has 1 atom stereocenters. The second kappa shape index (κ2) is 5.38. The number of hydrogen-bond donors (Lipinski definition) is 1. The second-order valence-electron chi connectivity index (χ2n) is 5.37. The Morgan fingerprint density at radius 3 is 2.31 bits per heavy atom. The molecule has 1 fully saturated rings. The Morgan fingerprint density at radius 1 is 1.38 bits per heavy atom. The molecule has 0 radical (unpaired) electrons. The molecule has 4 nitrogen and oxygen atoms in total. The Morgan fingerprint density at radius 2 is 1.88 bits per heavy atom. The number of rotatable bonds is 3. The number of carbonyl (C=O) groups excluding carboxylic acids is 1. The van der Waals surface area contributed by atoms with E-state index in [1.807, 2.05) is 20.8 Å². The maximum atomic E-state index is 11.9. The molecule has 0 amide bonds. The fraction of sp³-hybridized carbons (Fsp3) is 0.909. The van der Waals surface area contributed by atoms with Gasteiger partial charge in [0.2, 0.25) is 0 Å². The van der Waals surface area contributed by atoms with E-state index in [2.05, 4.69) is 4.90 Å². The average molecular weight is 246 g/mol. The van der Waals surface area contributed by atoms with Gasteiger partial charge in [-0.1, -0.05) is 20.8 Å². The lowest BCUT2D eigenvalue weighted by atomic mass is 9.86. The molecule has 1 saturated heterocycles. The first-order valence-electron chi connectivity index (χ1n) is 5.68. The van der Waals surface area contributed by atoms with Crippen molar-refractivity contribution in [1.29, 1.82) is 0 Å². The zero-order chi connectivity index (χ0) is 12.3. The van der Waals surface area contributed by atoms with E-state index >= 15 is 0 Å². The van der Waals surface area contributed by atoms with Gasteiger partial charge in [-0.15, -0.1) is 0 Å². The van der Waals surface area contributed by atoms with E-state index in [1.165, 1.54) is 0 Å². The first-order valence-corrected chi connectivity index (χ1v) is 7.17. The SMILES string of the molecule is CC(C)(C)C(=O)C(N)CN1CCS(=O)CC1. The van der Waals surface area contributed by atoms with Gasteiger partial charge in [-0.05, 0) is 0 Å².